The van der Waals surface area contributed by atoms with Gasteiger partial charge in [-0.3, -0.25) is 15.0 Å². The van der Waals surface area contributed by atoms with Gasteiger partial charge < -0.3 is 9.84 Å². The lowest BCUT2D eigenvalue weighted by Gasteiger charge is -2.29. The summed E-state index contributed by atoms with van der Waals surface area (Å²) in [5.41, 5.74) is 8.35. The Morgan fingerprint density at radius 3 is 2.39 bits per heavy atom. The summed E-state index contributed by atoms with van der Waals surface area (Å²) in [7, 11) is 1.71. The summed E-state index contributed by atoms with van der Waals surface area (Å²) in [4.78, 5) is 22.0. The van der Waals surface area contributed by atoms with Gasteiger partial charge in [-0.2, -0.15) is 23.5 Å². The smallest absolute Gasteiger partial charge is 0.293 e. The summed E-state index contributed by atoms with van der Waals surface area (Å²) in [6.45, 7) is 9.07. The standard InChI is InChI=1S/C20H32N2O2S2.C3H6O2/c1-16(2)14-17-6-5-7-18(15-17)20(3,19(24)22-21-4)8-10-25-12-13-26-11-9-23;1-2-5-3-4/h5-7,14-15,21,23H,8-13H2,1-4H3,(H,22,24);3H,2H2,1H3. The van der Waals surface area contributed by atoms with Crippen LogP contribution in [0.1, 0.15) is 45.2 Å². The lowest BCUT2D eigenvalue weighted by atomic mass is 9.78. The number of aliphatic hydroxyl groups is 1. The van der Waals surface area contributed by atoms with Crippen LogP contribution in [-0.4, -0.2) is 60.8 Å². The van der Waals surface area contributed by atoms with Gasteiger partial charge in [0.1, 0.15) is 0 Å². The van der Waals surface area contributed by atoms with Crippen molar-refractivity contribution in [1.82, 2.24) is 10.9 Å². The second-order valence-corrected chi connectivity index (χ2v) is 9.58. The predicted molar refractivity (Wildman–Crippen MR) is 134 cm³/mol. The largest absolute Gasteiger partial charge is 0.468 e. The van der Waals surface area contributed by atoms with Crippen LogP contribution in [0.3, 0.4) is 0 Å². The highest BCUT2D eigenvalue weighted by molar-refractivity contribution is 8.02. The molecular formula is C23H38N2O4S2. The van der Waals surface area contributed by atoms with Crippen LogP contribution in [0.25, 0.3) is 6.08 Å². The molecule has 0 aliphatic carbocycles. The van der Waals surface area contributed by atoms with Crippen molar-refractivity contribution < 1.29 is 19.4 Å². The molecule has 1 aromatic carbocycles. The van der Waals surface area contributed by atoms with Gasteiger partial charge in [-0.05, 0) is 51.0 Å². The van der Waals surface area contributed by atoms with Gasteiger partial charge in [0.15, 0.2) is 0 Å². The number of hydrogen-bond acceptors (Lipinski definition) is 7. The van der Waals surface area contributed by atoms with Gasteiger partial charge in [0.05, 0.1) is 18.6 Å². The Labute approximate surface area is 195 Å². The highest BCUT2D eigenvalue weighted by atomic mass is 32.2. The summed E-state index contributed by atoms with van der Waals surface area (Å²) >= 11 is 3.62. The molecule has 0 saturated heterocycles. The fourth-order valence-corrected chi connectivity index (χ4v) is 4.71. The number of aliphatic hydroxyl groups excluding tert-OH is 1. The van der Waals surface area contributed by atoms with Crippen LogP contribution in [-0.2, 0) is 19.7 Å². The molecule has 0 spiro atoms. The SMILES string of the molecule is CCOC=O.CNNC(=O)C(C)(CCSCCSCCO)c1cccc(C=C(C)C)c1. The monoisotopic (exact) mass is 470 g/mol. The number of ether oxygens (including phenoxy) is 1. The van der Waals surface area contributed by atoms with Gasteiger partial charge in [0.25, 0.3) is 6.47 Å². The number of carbonyl (C=O) groups is 2. The second-order valence-electron chi connectivity index (χ2n) is 7.13. The highest BCUT2D eigenvalue weighted by Crippen LogP contribution is 2.31. The highest BCUT2D eigenvalue weighted by Gasteiger charge is 2.34. The zero-order valence-electron chi connectivity index (χ0n) is 19.4. The maximum atomic E-state index is 12.8. The molecule has 8 heteroatoms. The first kappa shape index (κ1) is 29.5. The fourth-order valence-electron chi connectivity index (χ4n) is 2.68. The molecule has 0 aliphatic heterocycles. The van der Waals surface area contributed by atoms with Gasteiger partial charge in [-0.25, -0.2) is 5.43 Å². The van der Waals surface area contributed by atoms with Gasteiger partial charge in [0, 0.05) is 24.3 Å². The van der Waals surface area contributed by atoms with E-state index in [1.54, 1.807) is 25.7 Å². The molecule has 0 fully saturated rings. The minimum atomic E-state index is -0.584. The normalized spacial score (nSPS) is 12.1. The van der Waals surface area contributed by atoms with Crippen molar-refractivity contribution in [2.24, 2.45) is 0 Å². The fraction of sp³-hybridized carbons (Fsp3) is 0.565. The number of hydrogen-bond donors (Lipinski definition) is 3. The van der Waals surface area contributed by atoms with E-state index in [1.165, 1.54) is 5.57 Å². The van der Waals surface area contributed by atoms with Crippen molar-refractivity contribution in [3.63, 3.8) is 0 Å². The number of amides is 1. The number of carbonyl (C=O) groups excluding carboxylic acids is 2. The molecule has 31 heavy (non-hydrogen) atoms. The molecular weight excluding hydrogens is 432 g/mol. The van der Waals surface area contributed by atoms with E-state index >= 15 is 0 Å². The third kappa shape index (κ3) is 12.8. The van der Waals surface area contributed by atoms with E-state index in [-0.39, 0.29) is 12.5 Å². The molecule has 0 radical (unpaired) electrons. The number of allylic oxidation sites excluding steroid dienone is 1. The Morgan fingerprint density at radius 1 is 1.19 bits per heavy atom. The first-order chi connectivity index (χ1) is 14.8. The molecule has 0 aromatic heterocycles. The Bertz CT molecular complexity index is 667. The Kier molecular flexibility index (Phi) is 17.3. The molecule has 6 nitrogen and oxygen atoms in total. The lowest BCUT2D eigenvalue weighted by Crippen LogP contribution is -2.47. The first-order valence-corrected chi connectivity index (χ1v) is 12.7. The zero-order chi connectivity index (χ0) is 23.5. The predicted octanol–water partition coefficient (Wildman–Crippen LogP) is 3.65. The van der Waals surface area contributed by atoms with Crippen LogP contribution >= 0.6 is 23.5 Å². The Balaban J connectivity index is 0.00000161. The van der Waals surface area contributed by atoms with Crippen LogP contribution in [0, 0.1) is 0 Å². The molecule has 0 saturated carbocycles. The molecule has 1 atom stereocenters. The van der Waals surface area contributed by atoms with Crippen LogP contribution < -0.4 is 10.9 Å². The third-order valence-corrected chi connectivity index (χ3v) is 6.52. The molecule has 1 unspecified atom stereocenters. The van der Waals surface area contributed by atoms with Crippen molar-refractivity contribution in [3.8, 4) is 0 Å². The molecule has 3 N–H and O–H groups in total. The number of thioether (sulfide) groups is 2. The summed E-state index contributed by atoms with van der Waals surface area (Å²) in [5, 5.41) is 8.81. The quantitative estimate of drug-likeness (QED) is 0.217. The number of nitrogens with one attached hydrogen (secondary N) is 2. The van der Waals surface area contributed by atoms with Crippen LogP contribution in [0.2, 0.25) is 0 Å². The Hall–Kier alpha value is -1.48. The zero-order valence-corrected chi connectivity index (χ0v) is 21.0. The Morgan fingerprint density at radius 2 is 1.87 bits per heavy atom. The molecule has 176 valence electrons. The van der Waals surface area contributed by atoms with Crippen molar-refractivity contribution in [2.45, 2.75) is 39.5 Å². The van der Waals surface area contributed by atoms with Crippen LogP contribution in [0.4, 0.5) is 0 Å². The van der Waals surface area contributed by atoms with Gasteiger partial charge in [-0.1, -0.05) is 35.9 Å². The average molecular weight is 471 g/mol. The van der Waals surface area contributed by atoms with E-state index in [4.69, 9.17) is 5.11 Å². The van der Waals surface area contributed by atoms with Gasteiger partial charge in [-0.15, -0.1) is 0 Å². The van der Waals surface area contributed by atoms with E-state index in [0.29, 0.717) is 13.1 Å². The number of rotatable bonds is 14. The van der Waals surface area contributed by atoms with Crippen molar-refractivity contribution >= 4 is 42.0 Å². The van der Waals surface area contributed by atoms with E-state index in [0.717, 1.165) is 40.6 Å². The molecule has 1 amide bonds. The maximum Gasteiger partial charge on any atom is 0.293 e. The summed E-state index contributed by atoms with van der Waals surface area (Å²) in [6.07, 6.45) is 2.90. The minimum absolute atomic E-state index is 0.00962. The second kappa shape index (κ2) is 18.1. The van der Waals surface area contributed by atoms with E-state index < -0.39 is 5.41 Å². The van der Waals surface area contributed by atoms with E-state index in [2.05, 4.69) is 47.6 Å². The van der Waals surface area contributed by atoms with E-state index in [9.17, 15) is 9.59 Å². The van der Waals surface area contributed by atoms with Crippen LogP contribution in [0.5, 0.6) is 0 Å². The topological polar surface area (TPSA) is 87.7 Å². The summed E-state index contributed by atoms with van der Waals surface area (Å²) < 4.78 is 4.15. The third-order valence-electron chi connectivity index (χ3n) is 4.31. The first-order valence-electron chi connectivity index (χ1n) is 10.4. The van der Waals surface area contributed by atoms with Crippen molar-refractivity contribution in [1.29, 1.82) is 0 Å². The van der Waals surface area contributed by atoms with E-state index in [1.807, 2.05) is 30.8 Å². The maximum absolute atomic E-state index is 12.8. The molecule has 0 heterocycles. The average Bonchev–Trinajstić information content (AvgIpc) is 2.74. The summed E-state index contributed by atoms with van der Waals surface area (Å²) in [6, 6.07) is 8.25. The molecule has 1 aromatic rings. The lowest BCUT2D eigenvalue weighted by molar-refractivity contribution is -0.128. The number of hydrazine groups is 1. The van der Waals surface area contributed by atoms with Gasteiger partial charge in [0.2, 0.25) is 5.91 Å². The van der Waals surface area contributed by atoms with Gasteiger partial charge >= 0.3 is 0 Å². The number of benzene rings is 1. The van der Waals surface area contributed by atoms with Crippen molar-refractivity contribution in [3.05, 3.63) is 41.0 Å². The van der Waals surface area contributed by atoms with Crippen molar-refractivity contribution in [2.75, 3.05) is 43.3 Å². The molecule has 0 aliphatic rings. The minimum Gasteiger partial charge on any atom is -0.468 e. The molecule has 0 bridgehead atoms. The summed E-state index contributed by atoms with van der Waals surface area (Å²) in [5.74, 6) is 3.76. The molecule has 1 rings (SSSR count). The van der Waals surface area contributed by atoms with Crippen LogP contribution in [0.15, 0.2) is 29.8 Å².